The quantitative estimate of drug-likeness (QED) is 0.842. The summed E-state index contributed by atoms with van der Waals surface area (Å²) in [5.41, 5.74) is 1.18. The van der Waals surface area contributed by atoms with Crippen LogP contribution in [0, 0.1) is 0 Å². The summed E-state index contributed by atoms with van der Waals surface area (Å²) in [5.74, 6) is 0.728. The van der Waals surface area contributed by atoms with Gasteiger partial charge >= 0.3 is 0 Å². The molecule has 1 saturated heterocycles. The molecule has 0 radical (unpaired) electrons. The molecule has 0 aromatic heterocycles. The zero-order chi connectivity index (χ0) is 13.5. The van der Waals surface area contributed by atoms with E-state index in [2.05, 4.69) is 11.4 Å². The number of morpholine rings is 1. The second-order valence-corrected chi connectivity index (χ2v) is 4.95. The molecule has 1 aromatic rings. The van der Waals surface area contributed by atoms with Gasteiger partial charge in [-0.05, 0) is 31.0 Å². The van der Waals surface area contributed by atoms with Crippen molar-refractivity contribution in [1.29, 1.82) is 0 Å². The zero-order valence-corrected chi connectivity index (χ0v) is 12.0. The number of nitrogens with one attached hydrogen (secondary N) is 1. The highest BCUT2D eigenvalue weighted by Crippen LogP contribution is 2.26. The molecule has 1 fully saturated rings. The van der Waals surface area contributed by atoms with E-state index in [1.165, 1.54) is 5.56 Å². The van der Waals surface area contributed by atoms with E-state index in [9.17, 15) is 0 Å². The highest BCUT2D eigenvalue weighted by atomic mass is 35.5. The summed E-state index contributed by atoms with van der Waals surface area (Å²) in [7, 11) is 0. The van der Waals surface area contributed by atoms with Crippen molar-refractivity contribution in [3.8, 4) is 5.75 Å². The summed E-state index contributed by atoms with van der Waals surface area (Å²) >= 11 is 6.22. The summed E-state index contributed by atoms with van der Waals surface area (Å²) in [6, 6.07) is 5.94. The summed E-state index contributed by atoms with van der Waals surface area (Å²) in [6.45, 7) is 5.13. The second-order valence-electron chi connectivity index (χ2n) is 4.55. The van der Waals surface area contributed by atoms with Gasteiger partial charge in [0.1, 0.15) is 12.4 Å². The molecule has 1 aliphatic heterocycles. The first-order valence-corrected chi connectivity index (χ1v) is 7.02. The van der Waals surface area contributed by atoms with Gasteiger partial charge < -0.3 is 14.8 Å². The summed E-state index contributed by atoms with van der Waals surface area (Å²) < 4.78 is 11.2. The summed E-state index contributed by atoms with van der Waals surface area (Å²) in [4.78, 5) is 0. The molecule has 104 valence electrons. The van der Waals surface area contributed by atoms with Gasteiger partial charge in [0, 0.05) is 13.1 Å². The maximum Gasteiger partial charge on any atom is 0.138 e. The van der Waals surface area contributed by atoms with E-state index in [1.807, 2.05) is 31.2 Å². The van der Waals surface area contributed by atoms with E-state index < -0.39 is 0 Å². The third-order valence-electron chi connectivity index (χ3n) is 3.03. The molecule has 0 aliphatic carbocycles. The molecule has 2 rings (SSSR count). The van der Waals surface area contributed by atoms with E-state index in [-0.39, 0.29) is 6.10 Å². The van der Waals surface area contributed by atoms with Crippen LogP contribution in [0.25, 0.3) is 0 Å². The van der Waals surface area contributed by atoms with E-state index in [1.54, 1.807) is 0 Å². The van der Waals surface area contributed by atoms with Crippen LogP contribution in [0.2, 0.25) is 5.02 Å². The van der Waals surface area contributed by atoms with Crippen LogP contribution in [0.4, 0.5) is 0 Å². The van der Waals surface area contributed by atoms with Crippen molar-refractivity contribution in [3.63, 3.8) is 0 Å². The molecule has 4 heteroatoms. The van der Waals surface area contributed by atoms with Crippen LogP contribution < -0.4 is 10.1 Å². The molecule has 0 saturated carbocycles. The fourth-order valence-corrected chi connectivity index (χ4v) is 2.29. The first kappa shape index (κ1) is 14.4. The SMILES string of the molecule is CC=CCOc1ccc(CC2CNCCO2)cc1Cl. The van der Waals surface area contributed by atoms with Crippen molar-refractivity contribution in [2.24, 2.45) is 0 Å². The molecule has 1 aromatic carbocycles. The van der Waals surface area contributed by atoms with E-state index in [0.717, 1.165) is 31.9 Å². The Balaban J connectivity index is 1.93. The predicted molar refractivity (Wildman–Crippen MR) is 78.1 cm³/mol. The Kier molecular flexibility index (Phi) is 5.70. The fourth-order valence-electron chi connectivity index (χ4n) is 2.04. The summed E-state index contributed by atoms with van der Waals surface area (Å²) in [5, 5.41) is 3.98. The molecule has 19 heavy (non-hydrogen) atoms. The number of hydrogen-bond acceptors (Lipinski definition) is 3. The van der Waals surface area contributed by atoms with Crippen LogP contribution in [0.3, 0.4) is 0 Å². The normalized spacial score (nSPS) is 19.8. The van der Waals surface area contributed by atoms with Gasteiger partial charge in [0.25, 0.3) is 0 Å². The van der Waals surface area contributed by atoms with Gasteiger partial charge in [0.2, 0.25) is 0 Å². The average Bonchev–Trinajstić information content (AvgIpc) is 2.43. The smallest absolute Gasteiger partial charge is 0.138 e. The number of ether oxygens (including phenoxy) is 2. The first-order chi connectivity index (χ1) is 9.29. The predicted octanol–water partition coefficient (Wildman–Crippen LogP) is 2.83. The van der Waals surface area contributed by atoms with Crippen LogP contribution in [0.1, 0.15) is 12.5 Å². The second kappa shape index (κ2) is 7.53. The van der Waals surface area contributed by atoms with Crippen LogP contribution in [-0.2, 0) is 11.2 Å². The Morgan fingerprint density at radius 3 is 3.11 bits per heavy atom. The molecule has 1 N–H and O–H groups in total. The molecule has 0 amide bonds. The highest BCUT2D eigenvalue weighted by Gasteiger charge is 2.14. The maximum absolute atomic E-state index is 6.22. The lowest BCUT2D eigenvalue weighted by atomic mass is 10.1. The van der Waals surface area contributed by atoms with Crippen molar-refractivity contribution in [2.75, 3.05) is 26.3 Å². The lowest BCUT2D eigenvalue weighted by Gasteiger charge is -2.23. The maximum atomic E-state index is 6.22. The van der Waals surface area contributed by atoms with E-state index >= 15 is 0 Å². The molecular formula is C15H20ClNO2. The van der Waals surface area contributed by atoms with Gasteiger partial charge in [-0.3, -0.25) is 0 Å². The van der Waals surface area contributed by atoms with Gasteiger partial charge in [0.05, 0.1) is 17.7 Å². The van der Waals surface area contributed by atoms with Crippen molar-refractivity contribution in [1.82, 2.24) is 5.32 Å². The van der Waals surface area contributed by atoms with Crippen LogP contribution in [0.5, 0.6) is 5.75 Å². The molecule has 1 heterocycles. The molecule has 3 nitrogen and oxygen atoms in total. The monoisotopic (exact) mass is 281 g/mol. The number of rotatable bonds is 5. The lowest BCUT2D eigenvalue weighted by molar-refractivity contribution is 0.0292. The molecular weight excluding hydrogens is 262 g/mol. The van der Waals surface area contributed by atoms with Gasteiger partial charge in [0.15, 0.2) is 0 Å². The Morgan fingerprint density at radius 1 is 1.53 bits per heavy atom. The molecule has 0 bridgehead atoms. The zero-order valence-electron chi connectivity index (χ0n) is 11.2. The van der Waals surface area contributed by atoms with Crippen molar-refractivity contribution in [3.05, 3.63) is 40.9 Å². The topological polar surface area (TPSA) is 30.5 Å². The van der Waals surface area contributed by atoms with Crippen LogP contribution in [-0.4, -0.2) is 32.4 Å². The third-order valence-corrected chi connectivity index (χ3v) is 3.33. The molecule has 1 unspecified atom stereocenters. The van der Waals surface area contributed by atoms with Crippen molar-refractivity contribution in [2.45, 2.75) is 19.4 Å². The number of allylic oxidation sites excluding steroid dienone is 1. The Morgan fingerprint density at radius 2 is 2.42 bits per heavy atom. The van der Waals surface area contributed by atoms with Crippen molar-refractivity contribution >= 4 is 11.6 Å². The highest BCUT2D eigenvalue weighted by molar-refractivity contribution is 6.32. The molecule has 1 aliphatic rings. The lowest BCUT2D eigenvalue weighted by Crippen LogP contribution is -2.39. The van der Waals surface area contributed by atoms with Gasteiger partial charge in [-0.15, -0.1) is 0 Å². The van der Waals surface area contributed by atoms with E-state index in [4.69, 9.17) is 21.1 Å². The first-order valence-electron chi connectivity index (χ1n) is 6.64. The largest absolute Gasteiger partial charge is 0.488 e. The summed E-state index contributed by atoms with van der Waals surface area (Å²) in [6.07, 6.45) is 5.02. The average molecular weight is 282 g/mol. The minimum Gasteiger partial charge on any atom is -0.488 e. The number of halogens is 1. The number of benzene rings is 1. The number of hydrogen-bond donors (Lipinski definition) is 1. The Bertz CT molecular complexity index is 428. The van der Waals surface area contributed by atoms with Crippen molar-refractivity contribution < 1.29 is 9.47 Å². The van der Waals surface area contributed by atoms with Gasteiger partial charge in [-0.1, -0.05) is 29.8 Å². The standard InChI is InChI=1S/C15H20ClNO2/c1-2-3-7-19-15-5-4-12(10-14(15)16)9-13-11-17-6-8-18-13/h2-5,10,13,17H,6-9,11H2,1H3. The fraction of sp³-hybridized carbons (Fsp3) is 0.467. The van der Waals surface area contributed by atoms with Crippen LogP contribution >= 0.6 is 11.6 Å². The molecule has 0 spiro atoms. The Labute approximate surface area is 119 Å². The third kappa shape index (κ3) is 4.53. The minimum absolute atomic E-state index is 0.236. The Hall–Kier alpha value is -1.03. The minimum atomic E-state index is 0.236. The van der Waals surface area contributed by atoms with Gasteiger partial charge in [-0.2, -0.15) is 0 Å². The van der Waals surface area contributed by atoms with E-state index in [0.29, 0.717) is 11.6 Å². The van der Waals surface area contributed by atoms with Gasteiger partial charge in [-0.25, -0.2) is 0 Å². The van der Waals surface area contributed by atoms with Crippen LogP contribution in [0.15, 0.2) is 30.4 Å². The molecule has 1 atom stereocenters.